The minimum atomic E-state index is 0. The van der Waals surface area contributed by atoms with Crippen LogP contribution in [0.25, 0.3) is 10.8 Å². The Kier molecular flexibility index (Phi) is 7.96. The number of aliphatic imine (C=N–C) groups is 1. The SMILES string of the molecule is CN=C(NCCc1cccc2ccccc12)N(C)CC1CCOC1.I. The summed E-state index contributed by atoms with van der Waals surface area (Å²) in [6.45, 7) is 3.64. The van der Waals surface area contributed by atoms with Gasteiger partial charge in [-0.3, -0.25) is 4.99 Å². The van der Waals surface area contributed by atoms with E-state index in [1.807, 2.05) is 7.05 Å². The van der Waals surface area contributed by atoms with Crippen molar-refractivity contribution in [3.8, 4) is 0 Å². The topological polar surface area (TPSA) is 36.9 Å². The lowest BCUT2D eigenvalue weighted by atomic mass is 10.0. The van der Waals surface area contributed by atoms with E-state index in [-0.39, 0.29) is 24.0 Å². The molecular formula is C20H28IN3O. The number of guanidine groups is 1. The maximum absolute atomic E-state index is 5.46. The first-order valence-corrected chi connectivity index (χ1v) is 8.74. The molecule has 136 valence electrons. The average molecular weight is 453 g/mol. The van der Waals surface area contributed by atoms with Crippen LogP contribution in [0.5, 0.6) is 0 Å². The number of halogens is 1. The van der Waals surface area contributed by atoms with Gasteiger partial charge in [-0.2, -0.15) is 0 Å². The van der Waals surface area contributed by atoms with Crippen molar-refractivity contribution >= 4 is 40.7 Å². The predicted octanol–water partition coefficient (Wildman–Crippen LogP) is 3.54. The molecule has 1 unspecified atom stereocenters. The van der Waals surface area contributed by atoms with E-state index in [4.69, 9.17) is 4.74 Å². The quantitative estimate of drug-likeness (QED) is 0.428. The van der Waals surface area contributed by atoms with Crippen molar-refractivity contribution in [2.24, 2.45) is 10.9 Å². The van der Waals surface area contributed by atoms with Gasteiger partial charge in [0, 0.05) is 39.7 Å². The summed E-state index contributed by atoms with van der Waals surface area (Å²) in [6, 6.07) is 15.1. The summed E-state index contributed by atoms with van der Waals surface area (Å²) in [5.41, 5.74) is 1.38. The second-order valence-corrected chi connectivity index (χ2v) is 6.47. The molecule has 1 fully saturated rings. The molecule has 0 radical (unpaired) electrons. The molecule has 0 aromatic heterocycles. The molecule has 1 saturated heterocycles. The average Bonchev–Trinajstić information content (AvgIpc) is 3.11. The van der Waals surface area contributed by atoms with Gasteiger partial charge in [0.1, 0.15) is 0 Å². The van der Waals surface area contributed by atoms with E-state index in [2.05, 4.69) is 64.7 Å². The standard InChI is InChI=1S/C20H27N3O.HI/c1-21-20(23(2)14-16-11-13-24-15-16)22-12-10-18-8-5-7-17-6-3-4-9-19(17)18;/h3-9,16H,10-15H2,1-2H3,(H,21,22);1H. The summed E-state index contributed by atoms with van der Waals surface area (Å²) < 4.78 is 5.46. The Morgan fingerprint density at radius 1 is 1.24 bits per heavy atom. The molecule has 1 N–H and O–H groups in total. The Bertz CT molecular complexity index is 693. The highest BCUT2D eigenvalue weighted by Gasteiger charge is 2.18. The molecule has 0 bridgehead atoms. The van der Waals surface area contributed by atoms with Crippen LogP contribution in [0.1, 0.15) is 12.0 Å². The van der Waals surface area contributed by atoms with Crippen LogP contribution in [0.4, 0.5) is 0 Å². The maximum Gasteiger partial charge on any atom is 0.193 e. The fraction of sp³-hybridized carbons (Fsp3) is 0.450. The van der Waals surface area contributed by atoms with Gasteiger partial charge in [-0.15, -0.1) is 24.0 Å². The summed E-state index contributed by atoms with van der Waals surface area (Å²) in [4.78, 5) is 6.62. The number of ether oxygens (including phenoxy) is 1. The molecule has 5 heteroatoms. The largest absolute Gasteiger partial charge is 0.381 e. The molecular weight excluding hydrogens is 425 g/mol. The molecule has 0 amide bonds. The Hall–Kier alpha value is -1.34. The van der Waals surface area contributed by atoms with Crippen LogP contribution in [0.3, 0.4) is 0 Å². The van der Waals surface area contributed by atoms with E-state index in [0.717, 1.165) is 45.1 Å². The van der Waals surface area contributed by atoms with E-state index in [1.165, 1.54) is 16.3 Å². The molecule has 2 aromatic carbocycles. The monoisotopic (exact) mass is 453 g/mol. The van der Waals surface area contributed by atoms with E-state index in [0.29, 0.717) is 5.92 Å². The van der Waals surface area contributed by atoms with Gasteiger partial charge in [0.05, 0.1) is 6.61 Å². The normalized spacial score (nSPS) is 17.4. The highest BCUT2D eigenvalue weighted by atomic mass is 127. The first-order chi connectivity index (χ1) is 11.8. The predicted molar refractivity (Wildman–Crippen MR) is 116 cm³/mol. The first-order valence-electron chi connectivity index (χ1n) is 8.74. The van der Waals surface area contributed by atoms with Crippen LogP contribution in [-0.4, -0.2) is 51.3 Å². The number of rotatable bonds is 5. The second-order valence-electron chi connectivity index (χ2n) is 6.47. The fourth-order valence-electron chi connectivity index (χ4n) is 3.41. The zero-order chi connectivity index (χ0) is 16.8. The van der Waals surface area contributed by atoms with E-state index in [9.17, 15) is 0 Å². The lowest BCUT2D eigenvalue weighted by Crippen LogP contribution is -2.42. The van der Waals surface area contributed by atoms with Gasteiger partial charge < -0.3 is 15.0 Å². The van der Waals surface area contributed by atoms with E-state index >= 15 is 0 Å². The van der Waals surface area contributed by atoms with Crippen LogP contribution in [-0.2, 0) is 11.2 Å². The van der Waals surface area contributed by atoms with Gasteiger partial charge in [0.15, 0.2) is 5.96 Å². The lowest BCUT2D eigenvalue weighted by molar-refractivity contribution is 0.181. The number of hydrogen-bond acceptors (Lipinski definition) is 2. The van der Waals surface area contributed by atoms with Crippen molar-refractivity contribution in [1.82, 2.24) is 10.2 Å². The van der Waals surface area contributed by atoms with Crippen LogP contribution in [0.2, 0.25) is 0 Å². The smallest absolute Gasteiger partial charge is 0.193 e. The lowest BCUT2D eigenvalue weighted by Gasteiger charge is -2.24. The Morgan fingerprint density at radius 2 is 2.04 bits per heavy atom. The zero-order valence-electron chi connectivity index (χ0n) is 15.1. The number of fused-ring (bicyclic) bond motifs is 1. The maximum atomic E-state index is 5.46. The number of nitrogens with zero attached hydrogens (tertiary/aromatic N) is 2. The summed E-state index contributed by atoms with van der Waals surface area (Å²) >= 11 is 0. The summed E-state index contributed by atoms with van der Waals surface area (Å²) in [5, 5.41) is 6.14. The molecule has 1 aliphatic heterocycles. The van der Waals surface area contributed by atoms with Crippen molar-refractivity contribution in [3.63, 3.8) is 0 Å². The van der Waals surface area contributed by atoms with E-state index in [1.54, 1.807) is 0 Å². The summed E-state index contributed by atoms with van der Waals surface area (Å²) in [6.07, 6.45) is 2.14. The third-order valence-corrected chi connectivity index (χ3v) is 4.69. The molecule has 0 spiro atoms. The summed E-state index contributed by atoms with van der Waals surface area (Å²) in [7, 11) is 3.95. The molecule has 1 heterocycles. The van der Waals surface area contributed by atoms with Crippen molar-refractivity contribution in [1.29, 1.82) is 0 Å². The third-order valence-electron chi connectivity index (χ3n) is 4.69. The first kappa shape index (κ1) is 20.0. The molecule has 25 heavy (non-hydrogen) atoms. The van der Waals surface area contributed by atoms with Crippen LogP contribution in [0, 0.1) is 5.92 Å². The van der Waals surface area contributed by atoms with Crippen LogP contribution < -0.4 is 5.32 Å². The molecule has 0 aliphatic carbocycles. The van der Waals surface area contributed by atoms with Crippen LogP contribution >= 0.6 is 24.0 Å². The Morgan fingerprint density at radius 3 is 2.80 bits per heavy atom. The van der Waals surface area contributed by atoms with Crippen molar-refractivity contribution in [3.05, 3.63) is 48.0 Å². The Labute approximate surface area is 167 Å². The van der Waals surface area contributed by atoms with Gasteiger partial charge in [-0.05, 0) is 29.2 Å². The molecule has 1 atom stereocenters. The second kappa shape index (κ2) is 9.97. The van der Waals surface area contributed by atoms with Gasteiger partial charge in [-0.25, -0.2) is 0 Å². The van der Waals surface area contributed by atoms with Gasteiger partial charge in [0.25, 0.3) is 0 Å². The zero-order valence-corrected chi connectivity index (χ0v) is 17.4. The number of benzene rings is 2. The van der Waals surface area contributed by atoms with Crippen molar-refractivity contribution < 1.29 is 4.74 Å². The van der Waals surface area contributed by atoms with Crippen molar-refractivity contribution in [2.75, 3.05) is 40.4 Å². The molecule has 0 saturated carbocycles. The third kappa shape index (κ3) is 5.31. The highest BCUT2D eigenvalue weighted by molar-refractivity contribution is 14.0. The van der Waals surface area contributed by atoms with E-state index < -0.39 is 0 Å². The fourth-order valence-corrected chi connectivity index (χ4v) is 3.41. The number of hydrogen-bond donors (Lipinski definition) is 1. The van der Waals surface area contributed by atoms with Gasteiger partial charge >= 0.3 is 0 Å². The van der Waals surface area contributed by atoms with Gasteiger partial charge in [0.2, 0.25) is 0 Å². The highest BCUT2D eigenvalue weighted by Crippen LogP contribution is 2.18. The molecule has 3 rings (SSSR count). The van der Waals surface area contributed by atoms with Crippen LogP contribution in [0.15, 0.2) is 47.5 Å². The van der Waals surface area contributed by atoms with Crippen molar-refractivity contribution in [2.45, 2.75) is 12.8 Å². The van der Waals surface area contributed by atoms with Gasteiger partial charge in [-0.1, -0.05) is 42.5 Å². The number of nitrogens with one attached hydrogen (secondary N) is 1. The molecule has 1 aliphatic rings. The minimum Gasteiger partial charge on any atom is -0.381 e. The molecule has 4 nitrogen and oxygen atoms in total. The Balaban J connectivity index is 0.00000225. The molecule has 2 aromatic rings. The minimum absolute atomic E-state index is 0. The summed E-state index contributed by atoms with van der Waals surface area (Å²) in [5.74, 6) is 1.58.